The quantitative estimate of drug-likeness (QED) is 0.846. The van der Waals surface area contributed by atoms with E-state index in [1.165, 1.54) is 6.07 Å². The summed E-state index contributed by atoms with van der Waals surface area (Å²) in [7, 11) is -1.94. The van der Waals surface area contributed by atoms with Crippen LogP contribution in [0.4, 0.5) is 5.69 Å². The van der Waals surface area contributed by atoms with Gasteiger partial charge in [-0.15, -0.1) is 0 Å². The summed E-state index contributed by atoms with van der Waals surface area (Å²) in [6, 6.07) is 2.92. The van der Waals surface area contributed by atoms with E-state index in [9.17, 15) is 8.42 Å². The van der Waals surface area contributed by atoms with Crippen LogP contribution < -0.4 is 10.5 Å². The molecule has 7 nitrogen and oxygen atoms in total. The van der Waals surface area contributed by atoms with Gasteiger partial charge in [-0.25, -0.2) is 13.6 Å². The van der Waals surface area contributed by atoms with E-state index in [1.807, 2.05) is 20.2 Å². The van der Waals surface area contributed by atoms with E-state index < -0.39 is 10.0 Å². The van der Waals surface area contributed by atoms with Crippen LogP contribution >= 0.6 is 0 Å². The Kier molecular flexibility index (Phi) is 3.63. The number of rotatable bonds is 5. The highest BCUT2D eigenvalue weighted by Crippen LogP contribution is 2.17. The van der Waals surface area contributed by atoms with Crippen molar-refractivity contribution in [3.8, 4) is 0 Å². The summed E-state index contributed by atoms with van der Waals surface area (Å²) in [6.07, 6.45) is 2.67. The molecular weight excluding hydrogens is 268 g/mol. The summed E-state index contributed by atoms with van der Waals surface area (Å²) in [4.78, 5) is 0. The Morgan fingerprint density at radius 2 is 2.21 bits per heavy atom. The Balaban J connectivity index is 2.08. The van der Waals surface area contributed by atoms with Crippen molar-refractivity contribution < 1.29 is 12.8 Å². The van der Waals surface area contributed by atoms with Gasteiger partial charge in [-0.3, -0.25) is 4.68 Å². The molecular formula is C11H16N4O3S. The average Bonchev–Trinajstić information content (AvgIpc) is 2.91. The molecule has 0 bridgehead atoms. The van der Waals surface area contributed by atoms with Crippen molar-refractivity contribution in [2.75, 3.05) is 5.32 Å². The summed E-state index contributed by atoms with van der Waals surface area (Å²) in [5.41, 5.74) is 1.85. The maximum absolute atomic E-state index is 11.1. The highest BCUT2D eigenvalue weighted by molar-refractivity contribution is 7.89. The second kappa shape index (κ2) is 5.06. The van der Waals surface area contributed by atoms with E-state index in [0.717, 1.165) is 17.8 Å². The summed E-state index contributed by atoms with van der Waals surface area (Å²) >= 11 is 0. The lowest BCUT2D eigenvalue weighted by Crippen LogP contribution is -2.10. The second-order valence-electron chi connectivity index (χ2n) is 4.14. The molecule has 0 spiro atoms. The van der Waals surface area contributed by atoms with E-state index in [1.54, 1.807) is 10.7 Å². The molecule has 0 atom stereocenters. The van der Waals surface area contributed by atoms with Gasteiger partial charge in [0.2, 0.25) is 5.09 Å². The van der Waals surface area contributed by atoms with Gasteiger partial charge in [-0.2, -0.15) is 5.10 Å². The molecule has 2 heterocycles. The molecule has 3 N–H and O–H groups in total. The lowest BCUT2D eigenvalue weighted by atomic mass is 10.3. The third kappa shape index (κ3) is 3.15. The summed E-state index contributed by atoms with van der Waals surface area (Å²) in [5, 5.41) is 12.2. The van der Waals surface area contributed by atoms with Crippen LogP contribution in [0.1, 0.15) is 18.4 Å². The number of hydrogen-bond acceptors (Lipinski definition) is 5. The Morgan fingerprint density at radius 1 is 1.47 bits per heavy atom. The molecule has 0 aliphatic heterocycles. The molecule has 104 valence electrons. The van der Waals surface area contributed by atoms with Gasteiger partial charge in [0.05, 0.1) is 17.9 Å². The zero-order valence-corrected chi connectivity index (χ0v) is 11.6. The largest absolute Gasteiger partial charge is 0.446 e. The van der Waals surface area contributed by atoms with Crippen molar-refractivity contribution in [1.82, 2.24) is 9.78 Å². The second-order valence-corrected chi connectivity index (χ2v) is 5.63. The maximum atomic E-state index is 11.1. The average molecular weight is 284 g/mol. The minimum Gasteiger partial charge on any atom is -0.446 e. The molecule has 0 aliphatic rings. The van der Waals surface area contributed by atoms with Crippen molar-refractivity contribution in [2.45, 2.75) is 25.0 Å². The third-order valence-electron chi connectivity index (χ3n) is 2.61. The van der Waals surface area contributed by atoms with Crippen LogP contribution in [0.2, 0.25) is 0 Å². The van der Waals surface area contributed by atoms with Crippen molar-refractivity contribution in [3.63, 3.8) is 0 Å². The molecule has 0 saturated heterocycles. The monoisotopic (exact) mass is 284 g/mol. The summed E-state index contributed by atoms with van der Waals surface area (Å²) in [6.45, 7) is 2.38. The lowest BCUT2D eigenvalue weighted by molar-refractivity contribution is 0.419. The summed E-state index contributed by atoms with van der Waals surface area (Å²) in [5.74, 6) is 0.495. The number of anilines is 1. The molecule has 2 aromatic rings. The molecule has 19 heavy (non-hydrogen) atoms. The summed E-state index contributed by atoms with van der Waals surface area (Å²) < 4.78 is 29.0. The van der Waals surface area contributed by atoms with Gasteiger partial charge in [0, 0.05) is 13.2 Å². The number of sulfonamides is 1. The number of aromatic nitrogens is 2. The van der Waals surface area contributed by atoms with Crippen LogP contribution in [0, 0.1) is 0 Å². The number of nitrogens with two attached hydrogens (primary N) is 1. The first-order valence-electron chi connectivity index (χ1n) is 5.78. The molecule has 0 aliphatic carbocycles. The maximum Gasteiger partial charge on any atom is 0.271 e. The van der Waals surface area contributed by atoms with Crippen LogP contribution in [0.25, 0.3) is 0 Å². The Hall–Kier alpha value is -1.80. The molecule has 0 saturated carbocycles. The SMILES string of the molecule is CCc1nn(C)cc1NCc1ccc(S(N)(=O)=O)o1. The van der Waals surface area contributed by atoms with Gasteiger partial charge >= 0.3 is 0 Å². The first-order chi connectivity index (χ1) is 8.90. The fourth-order valence-electron chi connectivity index (χ4n) is 1.73. The van der Waals surface area contributed by atoms with Gasteiger partial charge in [-0.1, -0.05) is 6.92 Å². The number of hydrogen-bond donors (Lipinski definition) is 2. The number of aryl methyl sites for hydroxylation is 2. The molecule has 0 aromatic carbocycles. The van der Waals surface area contributed by atoms with Gasteiger partial charge in [0.15, 0.2) is 0 Å². The Morgan fingerprint density at radius 3 is 2.79 bits per heavy atom. The number of furan rings is 1. The first-order valence-corrected chi connectivity index (χ1v) is 7.32. The highest BCUT2D eigenvalue weighted by atomic mass is 32.2. The molecule has 0 radical (unpaired) electrons. The van der Waals surface area contributed by atoms with E-state index in [-0.39, 0.29) is 5.09 Å². The minimum absolute atomic E-state index is 0.230. The van der Waals surface area contributed by atoms with Crippen LogP contribution in [-0.2, 0) is 30.0 Å². The minimum atomic E-state index is -3.78. The van der Waals surface area contributed by atoms with Crippen molar-refractivity contribution in [3.05, 3.63) is 29.8 Å². The van der Waals surface area contributed by atoms with E-state index in [4.69, 9.17) is 9.56 Å². The number of nitrogens with one attached hydrogen (secondary N) is 1. The van der Waals surface area contributed by atoms with Gasteiger partial charge < -0.3 is 9.73 Å². The zero-order valence-electron chi connectivity index (χ0n) is 10.8. The van der Waals surface area contributed by atoms with Crippen molar-refractivity contribution in [2.24, 2.45) is 12.2 Å². The Bertz CT molecular complexity index is 672. The Labute approximate surface area is 111 Å². The van der Waals surface area contributed by atoms with Crippen molar-refractivity contribution >= 4 is 15.7 Å². The highest BCUT2D eigenvalue weighted by Gasteiger charge is 2.13. The predicted molar refractivity (Wildman–Crippen MR) is 70.0 cm³/mol. The smallest absolute Gasteiger partial charge is 0.271 e. The molecule has 8 heteroatoms. The fraction of sp³-hybridized carbons (Fsp3) is 0.364. The molecule has 0 unspecified atom stereocenters. The molecule has 2 aromatic heterocycles. The topological polar surface area (TPSA) is 103 Å². The van der Waals surface area contributed by atoms with Gasteiger partial charge in [0.1, 0.15) is 5.76 Å². The fourth-order valence-corrected chi connectivity index (χ4v) is 2.21. The first kappa shape index (κ1) is 13.6. The van der Waals surface area contributed by atoms with E-state index in [2.05, 4.69) is 10.4 Å². The zero-order chi connectivity index (χ0) is 14.0. The van der Waals surface area contributed by atoms with Gasteiger partial charge in [-0.05, 0) is 18.6 Å². The normalized spacial score (nSPS) is 11.7. The number of primary sulfonamides is 1. The number of nitrogens with zero attached hydrogens (tertiary/aromatic N) is 2. The van der Waals surface area contributed by atoms with Crippen LogP contribution in [0.5, 0.6) is 0 Å². The third-order valence-corrected chi connectivity index (χ3v) is 3.39. The lowest BCUT2D eigenvalue weighted by Gasteiger charge is -2.02. The van der Waals surface area contributed by atoms with Crippen LogP contribution in [0.15, 0.2) is 27.8 Å². The van der Waals surface area contributed by atoms with Gasteiger partial charge in [0.25, 0.3) is 10.0 Å². The van der Waals surface area contributed by atoms with E-state index in [0.29, 0.717) is 12.3 Å². The molecule has 2 rings (SSSR count). The standard InChI is InChI=1S/C11H16N4O3S/c1-3-9-10(7-15(2)14-9)13-6-8-4-5-11(18-8)19(12,16)17/h4-5,7,13H,3,6H2,1-2H3,(H2,12,16,17). The molecule has 0 fully saturated rings. The van der Waals surface area contributed by atoms with Crippen LogP contribution in [0.3, 0.4) is 0 Å². The predicted octanol–water partition coefficient (Wildman–Crippen LogP) is 0.835. The molecule has 0 amide bonds. The van der Waals surface area contributed by atoms with Crippen LogP contribution in [-0.4, -0.2) is 18.2 Å². The van der Waals surface area contributed by atoms with Crippen molar-refractivity contribution in [1.29, 1.82) is 0 Å². The van der Waals surface area contributed by atoms with E-state index >= 15 is 0 Å².